The molecule has 0 saturated carbocycles. The summed E-state index contributed by atoms with van der Waals surface area (Å²) in [5.41, 5.74) is -0.245. The number of benzene rings is 1. The highest BCUT2D eigenvalue weighted by Crippen LogP contribution is 2.22. The van der Waals surface area contributed by atoms with Gasteiger partial charge in [-0.3, -0.25) is 9.69 Å². The lowest BCUT2D eigenvalue weighted by molar-refractivity contribution is 0.0616. The molecule has 122 valence electrons. The number of hydrogen-bond acceptors (Lipinski definition) is 4. The second-order valence-electron chi connectivity index (χ2n) is 5.66. The first-order valence-corrected chi connectivity index (χ1v) is 7.51. The number of carbonyl (C=O) groups excluding carboxylic acids is 1. The van der Waals surface area contributed by atoms with E-state index in [-0.39, 0.29) is 11.3 Å². The van der Waals surface area contributed by atoms with E-state index in [1.54, 1.807) is 11.1 Å². The highest BCUT2D eigenvalue weighted by Gasteiger charge is 2.26. The summed E-state index contributed by atoms with van der Waals surface area (Å²) in [5, 5.41) is 9.74. The summed E-state index contributed by atoms with van der Waals surface area (Å²) in [5.74, 6) is -0.496. The van der Waals surface area contributed by atoms with Crippen LogP contribution in [0.3, 0.4) is 0 Å². The highest BCUT2D eigenvalue weighted by molar-refractivity contribution is 5.97. The summed E-state index contributed by atoms with van der Waals surface area (Å²) >= 11 is 0. The third-order valence-electron chi connectivity index (χ3n) is 4.15. The van der Waals surface area contributed by atoms with Gasteiger partial charge in [0.1, 0.15) is 23.0 Å². The topological polar surface area (TPSA) is 61.6 Å². The minimum Gasteiger partial charge on any atom is -0.507 e. The van der Waals surface area contributed by atoms with E-state index in [2.05, 4.69) is 9.88 Å². The number of carbonyl (C=O) groups is 1. The van der Waals surface area contributed by atoms with Crippen LogP contribution in [-0.2, 0) is 13.6 Å². The smallest absolute Gasteiger partial charge is 0.260 e. The maximum Gasteiger partial charge on any atom is 0.260 e. The highest BCUT2D eigenvalue weighted by atomic mass is 19.1. The van der Waals surface area contributed by atoms with Crippen molar-refractivity contribution in [2.45, 2.75) is 6.54 Å². The molecule has 0 radical (unpaired) electrons. The van der Waals surface area contributed by atoms with Crippen LogP contribution in [0.2, 0.25) is 0 Å². The molecule has 1 fully saturated rings. The van der Waals surface area contributed by atoms with Crippen LogP contribution in [0.1, 0.15) is 16.2 Å². The number of phenolic OH excluding ortho intramolecular Hbond substituents is 1. The Labute approximate surface area is 133 Å². The number of aromatic hydroxyl groups is 1. The first-order chi connectivity index (χ1) is 11.1. The molecular weight excluding hydrogens is 299 g/mol. The van der Waals surface area contributed by atoms with Gasteiger partial charge in [0.05, 0.1) is 6.54 Å². The van der Waals surface area contributed by atoms with Crippen molar-refractivity contribution < 1.29 is 14.3 Å². The van der Waals surface area contributed by atoms with Gasteiger partial charge in [0.25, 0.3) is 5.91 Å². The Balaban J connectivity index is 1.63. The van der Waals surface area contributed by atoms with Crippen LogP contribution in [0, 0.1) is 5.82 Å². The van der Waals surface area contributed by atoms with Gasteiger partial charge in [-0.25, -0.2) is 9.37 Å². The third kappa shape index (κ3) is 3.19. The van der Waals surface area contributed by atoms with Crippen LogP contribution in [0.5, 0.6) is 5.75 Å². The summed E-state index contributed by atoms with van der Waals surface area (Å²) in [6.45, 7) is 3.09. The van der Waals surface area contributed by atoms with Crippen LogP contribution >= 0.6 is 0 Å². The van der Waals surface area contributed by atoms with Gasteiger partial charge in [0.2, 0.25) is 0 Å². The van der Waals surface area contributed by atoms with Crippen molar-refractivity contribution in [3.63, 3.8) is 0 Å². The van der Waals surface area contributed by atoms with E-state index < -0.39 is 11.7 Å². The monoisotopic (exact) mass is 318 g/mol. The van der Waals surface area contributed by atoms with Crippen molar-refractivity contribution in [1.29, 1.82) is 0 Å². The van der Waals surface area contributed by atoms with Gasteiger partial charge < -0.3 is 14.6 Å². The molecule has 1 amide bonds. The van der Waals surface area contributed by atoms with E-state index in [1.165, 1.54) is 18.2 Å². The lowest BCUT2D eigenvalue weighted by Crippen LogP contribution is -2.48. The van der Waals surface area contributed by atoms with Gasteiger partial charge in [0.15, 0.2) is 0 Å². The zero-order chi connectivity index (χ0) is 16.4. The first kappa shape index (κ1) is 15.5. The first-order valence-electron chi connectivity index (χ1n) is 7.51. The number of piperazine rings is 1. The Kier molecular flexibility index (Phi) is 4.29. The van der Waals surface area contributed by atoms with Crippen LogP contribution in [0.15, 0.2) is 30.6 Å². The van der Waals surface area contributed by atoms with Crippen LogP contribution in [-0.4, -0.2) is 56.5 Å². The number of imidazole rings is 1. The fourth-order valence-corrected chi connectivity index (χ4v) is 2.74. The lowest BCUT2D eigenvalue weighted by atomic mass is 10.1. The van der Waals surface area contributed by atoms with E-state index >= 15 is 0 Å². The van der Waals surface area contributed by atoms with Crippen molar-refractivity contribution in [3.8, 4) is 5.75 Å². The molecule has 7 heteroatoms. The predicted molar refractivity (Wildman–Crippen MR) is 82.5 cm³/mol. The SMILES string of the molecule is Cn1ccnc1CN1CCN(C(=O)c2c(O)cccc2F)CC1. The molecule has 2 heterocycles. The minimum absolute atomic E-state index is 0.245. The molecular formula is C16H19FN4O2. The molecule has 1 aromatic heterocycles. The molecule has 0 unspecified atom stereocenters. The molecule has 3 rings (SSSR count). The maximum absolute atomic E-state index is 13.8. The van der Waals surface area contributed by atoms with Crippen molar-refractivity contribution in [2.75, 3.05) is 26.2 Å². The quantitative estimate of drug-likeness (QED) is 0.924. The summed E-state index contributed by atoms with van der Waals surface area (Å²) in [4.78, 5) is 20.5. The maximum atomic E-state index is 13.8. The number of aryl methyl sites for hydroxylation is 1. The minimum atomic E-state index is -0.689. The number of halogens is 1. The van der Waals surface area contributed by atoms with E-state index in [0.29, 0.717) is 26.2 Å². The molecule has 1 aliphatic rings. The summed E-state index contributed by atoms with van der Waals surface area (Å²) in [6, 6.07) is 3.89. The molecule has 0 atom stereocenters. The number of aromatic nitrogens is 2. The molecule has 2 aromatic rings. The van der Waals surface area contributed by atoms with Gasteiger partial charge in [-0.05, 0) is 12.1 Å². The molecule has 0 aliphatic carbocycles. The van der Waals surface area contributed by atoms with Crippen molar-refractivity contribution in [3.05, 3.63) is 47.8 Å². The average Bonchev–Trinajstić information content (AvgIpc) is 2.93. The second-order valence-corrected chi connectivity index (χ2v) is 5.66. The molecule has 23 heavy (non-hydrogen) atoms. The van der Waals surface area contributed by atoms with Crippen molar-refractivity contribution >= 4 is 5.91 Å². The summed E-state index contributed by atoms with van der Waals surface area (Å²) < 4.78 is 15.8. The largest absolute Gasteiger partial charge is 0.507 e. The van der Waals surface area contributed by atoms with E-state index in [1.807, 2.05) is 17.8 Å². The third-order valence-corrected chi connectivity index (χ3v) is 4.15. The normalized spacial score (nSPS) is 15.8. The van der Waals surface area contributed by atoms with Gasteiger partial charge in [-0.15, -0.1) is 0 Å². The van der Waals surface area contributed by atoms with Crippen molar-refractivity contribution in [2.24, 2.45) is 7.05 Å². The number of rotatable bonds is 3. The molecule has 6 nitrogen and oxygen atoms in total. The lowest BCUT2D eigenvalue weighted by Gasteiger charge is -2.34. The number of amides is 1. The fraction of sp³-hybridized carbons (Fsp3) is 0.375. The Morgan fingerprint density at radius 1 is 1.30 bits per heavy atom. The number of nitrogens with zero attached hydrogens (tertiary/aromatic N) is 4. The van der Waals surface area contributed by atoms with E-state index in [0.717, 1.165) is 12.4 Å². The van der Waals surface area contributed by atoms with Crippen LogP contribution in [0.25, 0.3) is 0 Å². The second kappa shape index (κ2) is 6.37. The summed E-state index contributed by atoms with van der Waals surface area (Å²) in [6.07, 6.45) is 3.66. The Morgan fingerprint density at radius 3 is 2.65 bits per heavy atom. The Bertz CT molecular complexity index is 688. The molecule has 1 aromatic carbocycles. The standard InChI is InChI=1S/C16H19FN4O2/c1-19-6-5-18-14(19)11-20-7-9-21(10-8-20)16(23)15-12(17)3-2-4-13(15)22/h2-6,22H,7-11H2,1H3. The molecule has 1 N–H and O–H groups in total. The average molecular weight is 318 g/mol. The van der Waals surface area contributed by atoms with Crippen LogP contribution in [0.4, 0.5) is 4.39 Å². The van der Waals surface area contributed by atoms with Gasteiger partial charge in [-0.2, -0.15) is 0 Å². The number of phenols is 1. The molecule has 1 aliphatic heterocycles. The van der Waals surface area contributed by atoms with Gasteiger partial charge >= 0.3 is 0 Å². The van der Waals surface area contributed by atoms with Gasteiger partial charge in [-0.1, -0.05) is 6.07 Å². The van der Waals surface area contributed by atoms with Gasteiger partial charge in [0, 0.05) is 45.6 Å². The van der Waals surface area contributed by atoms with E-state index in [9.17, 15) is 14.3 Å². The number of hydrogen-bond donors (Lipinski definition) is 1. The Hall–Kier alpha value is -2.41. The zero-order valence-corrected chi connectivity index (χ0v) is 12.9. The fourth-order valence-electron chi connectivity index (χ4n) is 2.74. The van der Waals surface area contributed by atoms with Crippen LogP contribution < -0.4 is 0 Å². The molecule has 1 saturated heterocycles. The van der Waals surface area contributed by atoms with Crippen molar-refractivity contribution in [1.82, 2.24) is 19.4 Å². The summed E-state index contributed by atoms with van der Waals surface area (Å²) in [7, 11) is 1.95. The Morgan fingerprint density at radius 2 is 2.04 bits per heavy atom. The zero-order valence-electron chi connectivity index (χ0n) is 12.9. The predicted octanol–water partition coefficient (Wildman–Crippen LogP) is 1.22. The molecule has 0 spiro atoms. The van der Waals surface area contributed by atoms with E-state index in [4.69, 9.17) is 0 Å². The molecule has 0 bridgehead atoms.